The number of ether oxygens (including phenoxy) is 1. The van der Waals surface area contributed by atoms with Crippen LogP contribution in [0.1, 0.15) is 12.5 Å². The lowest BCUT2D eigenvalue weighted by Gasteiger charge is -2.28. The quantitative estimate of drug-likeness (QED) is 0.605. The minimum absolute atomic E-state index is 0.0431. The van der Waals surface area contributed by atoms with Crippen molar-refractivity contribution in [3.63, 3.8) is 0 Å². The Hall–Kier alpha value is -2.77. The predicted octanol–water partition coefficient (Wildman–Crippen LogP) is 4.14. The predicted molar refractivity (Wildman–Crippen MR) is 122 cm³/mol. The second-order valence-corrected chi connectivity index (χ2v) is 8.57. The number of hydrogen-bond acceptors (Lipinski definition) is 5. The number of imidazole rings is 1. The van der Waals surface area contributed by atoms with Gasteiger partial charge in [0.1, 0.15) is 0 Å². The van der Waals surface area contributed by atoms with Crippen LogP contribution in [-0.4, -0.2) is 47.0 Å². The van der Waals surface area contributed by atoms with Crippen molar-refractivity contribution in [3.05, 3.63) is 66.5 Å². The van der Waals surface area contributed by atoms with E-state index in [-0.39, 0.29) is 11.2 Å². The molecule has 1 amide bonds. The van der Waals surface area contributed by atoms with Gasteiger partial charge in [0.15, 0.2) is 5.16 Å². The number of benzene rings is 2. The molecular weight excluding hydrogens is 396 g/mol. The first-order valence-corrected chi connectivity index (χ1v) is 11.0. The van der Waals surface area contributed by atoms with Gasteiger partial charge in [0.25, 0.3) is 0 Å². The van der Waals surface area contributed by atoms with Crippen molar-refractivity contribution in [1.29, 1.82) is 0 Å². The molecule has 0 spiro atoms. The van der Waals surface area contributed by atoms with Gasteiger partial charge in [0.05, 0.1) is 24.2 Å². The Labute approximate surface area is 181 Å². The van der Waals surface area contributed by atoms with Crippen LogP contribution in [0.3, 0.4) is 0 Å². The molecule has 3 aromatic rings. The van der Waals surface area contributed by atoms with Crippen LogP contribution in [0.4, 0.5) is 11.4 Å². The molecule has 1 atom stereocenters. The number of thioether (sulfide) groups is 1. The van der Waals surface area contributed by atoms with E-state index in [4.69, 9.17) is 4.74 Å². The number of anilines is 2. The highest BCUT2D eigenvalue weighted by Gasteiger charge is 2.19. The molecule has 0 bridgehead atoms. The van der Waals surface area contributed by atoms with Gasteiger partial charge in [-0.3, -0.25) is 9.36 Å². The molecule has 1 saturated heterocycles. The van der Waals surface area contributed by atoms with Crippen molar-refractivity contribution in [2.75, 3.05) is 36.5 Å². The van der Waals surface area contributed by atoms with Crippen molar-refractivity contribution in [3.8, 4) is 5.69 Å². The number of nitrogens with zero attached hydrogens (tertiary/aromatic N) is 3. The summed E-state index contributed by atoms with van der Waals surface area (Å²) in [6.45, 7) is 7.27. The highest BCUT2D eigenvalue weighted by atomic mass is 32.2. The number of para-hydroxylation sites is 1. The van der Waals surface area contributed by atoms with Crippen molar-refractivity contribution >= 4 is 29.0 Å². The molecule has 0 radical (unpaired) electrons. The smallest absolute Gasteiger partial charge is 0.237 e. The van der Waals surface area contributed by atoms with Gasteiger partial charge in [0, 0.05) is 36.9 Å². The number of carbonyl (C=O) groups is 1. The number of aryl methyl sites for hydroxylation is 1. The summed E-state index contributed by atoms with van der Waals surface area (Å²) in [5, 5.41) is 3.53. The zero-order valence-electron chi connectivity index (χ0n) is 17.2. The van der Waals surface area contributed by atoms with Crippen molar-refractivity contribution in [1.82, 2.24) is 9.55 Å². The highest BCUT2D eigenvalue weighted by Crippen LogP contribution is 2.27. The minimum atomic E-state index is -0.283. The maximum atomic E-state index is 12.7. The van der Waals surface area contributed by atoms with Crippen LogP contribution in [-0.2, 0) is 9.53 Å². The molecule has 1 fully saturated rings. The summed E-state index contributed by atoms with van der Waals surface area (Å²) in [5.74, 6) is -0.0431. The van der Waals surface area contributed by atoms with Crippen molar-refractivity contribution < 1.29 is 9.53 Å². The number of carbonyl (C=O) groups excluding carboxylic acids is 1. The van der Waals surface area contributed by atoms with E-state index >= 15 is 0 Å². The second kappa shape index (κ2) is 9.36. The fourth-order valence-electron chi connectivity index (χ4n) is 3.43. The Morgan fingerprint density at radius 2 is 1.87 bits per heavy atom. The number of hydrogen-bond donors (Lipinski definition) is 1. The number of morpholine rings is 1. The van der Waals surface area contributed by atoms with Crippen LogP contribution in [0.5, 0.6) is 0 Å². The average Bonchev–Trinajstić information content (AvgIpc) is 3.23. The zero-order valence-corrected chi connectivity index (χ0v) is 18.1. The van der Waals surface area contributed by atoms with E-state index < -0.39 is 0 Å². The molecule has 0 saturated carbocycles. The third-order valence-electron chi connectivity index (χ3n) is 5.14. The SMILES string of the molecule is Cc1ccccc1-n1ccnc1SC(C)C(=O)Nc1ccc(N2CCOCC2)cc1. The monoisotopic (exact) mass is 422 g/mol. The van der Waals surface area contributed by atoms with Gasteiger partial charge in [-0.25, -0.2) is 4.98 Å². The topological polar surface area (TPSA) is 59.4 Å². The summed E-state index contributed by atoms with van der Waals surface area (Å²) < 4.78 is 7.43. The Morgan fingerprint density at radius 3 is 2.60 bits per heavy atom. The first kappa shape index (κ1) is 20.5. The minimum Gasteiger partial charge on any atom is -0.378 e. The molecule has 2 aromatic carbocycles. The molecule has 1 N–H and O–H groups in total. The molecule has 7 heteroatoms. The van der Waals surface area contributed by atoms with E-state index in [1.165, 1.54) is 11.8 Å². The summed E-state index contributed by atoms with van der Waals surface area (Å²) in [6, 6.07) is 16.1. The Balaban J connectivity index is 1.39. The fraction of sp³-hybridized carbons (Fsp3) is 0.304. The molecule has 1 aromatic heterocycles. The molecular formula is C23H26N4O2S. The lowest BCUT2D eigenvalue weighted by molar-refractivity contribution is -0.115. The Bertz CT molecular complexity index is 996. The standard InChI is InChI=1S/C23H26N4O2S/c1-17-5-3-4-6-21(17)27-12-11-24-23(27)30-18(2)22(28)25-19-7-9-20(10-8-19)26-13-15-29-16-14-26/h3-12,18H,13-16H2,1-2H3,(H,25,28). The van der Waals surface area contributed by atoms with Crippen molar-refractivity contribution in [2.24, 2.45) is 0 Å². The number of rotatable bonds is 6. The van der Waals surface area contributed by atoms with E-state index in [2.05, 4.69) is 34.3 Å². The van der Waals surface area contributed by atoms with Crippen LogP contribution < -0.4 is 10.2 Å². The first-order valence-electron chi connectivity index (χ1n) is 10.1. The van der Waals surface area contributed by atoms with Gasteiger partial charge in [-0.2, -0.15) is 0 Å². The van der Waals surface area contributed by atoms with Gasteiger partial charge in [0.2, 0.25) is 5.91 Å². The maximum Gasteiger partial charge on any atom is 0.237 e. The summed E-state index contributed by atoms with van der Waals surface area (Å²) in [5.41, 5.74) is 4.18. The fourth-order valence-corrected chi connectivity index (χ4v) is 4.30. The summed E-state index contributed by atoms with van der Waals surface area (Å²) in [4.78, 5) is 19.5. The second-order valence-electron chi connectivity index (χ2n) is 7.26. The molecule has 156 valence electrons. The third-order valence-corrected chi connectivity index (χ3v) is 6.22. The maximum absolute atomic E-state index is 12.7. The lowest BCUT2D eigenvalue weighted by atomic mass is 10.2. The van der Waals surface area contributed by atoms with E-state index in [9.17, 15) is 4.79 Å². The lowest BCUT2D eigenvalue weighted by Crippen LogP contribution is -2.36. The summed E-state index contributed by atoms with van der Waals surface area (Å²) >= 11 is 1.45. The largest absolute Gasteiger partial charge is 0.378 e. The first-order chi connectivity index (χ1) is 14.6. The number of amides is 1. The van der Waals surface area contributed by atoms with Gasteiger partial charge < -0.3 is 15.0 Å². The van der Waals surface area contributed by atoms with Crippen LogP contribution >= 0.6 is 11.8 Å². The van der Waals surface area contributed by atoms with Crippen LogP contribution in [0, 0.1) is 6.92 Å². The molecule has 1 aliphatic rings. The third kappa shape index (κ3) is 4.68. The summed E-state index contributed by atoms with van der Waals surface area (Å²) in [7, 11) is 0. The van der Waals surface area contributed by atoms with E-state index in [0.29, 0.717) is 0 Å². The molecule has 0 aliphatic carbocycles. The zero-order chi connectivity index (χ0) is 20.9. The van der Waals surface area contributed by atoms with E-state index in [1.807, 2.05) is 54.1 Å². The van der Waals surface area contributed by atoms with Crippen LogP contribution in [0.15, 0.2) is 66.1 Å². The molecule has 1 aliphatic heterocycles. The Morgan fingerprint density at radius 1 is 1.13 bits per heavy atom. The summed E-state index contributed by atoms with van der Waals surface area (Å²) in [6.07, 6.45) is 3.70. The molecule has 4 rings (SSSR count). The van der Waals surface area contributed by atoms with Gasteiger partial charge in [-0.05, 0) is 49.7 Å². The van der Waals surface area contributed by atoms with E-state index in [1.54, 1.807) is 6.20 Å². The normalized spacial score (nSPS) is 15.1. The molecule has 30 heavy (non-hydrogen) atoms. The molecule has 1 unspecified atom stereocenters. The van der Waals surface area contributed by atoms with E-state index in [0.717, 1.165) is 54.1 Å². The van der Waals surface area contributed by atoms with Gasteiger partial charge >= 0.3 is 0 Å². The van der Waals surface area contributed by atoms with Gasteiger partial charge in [-0.1, -0.05) is 30.0 Å². The average molecular weight is 423 g/mol. The Kier molecular flexibility index (Phi) is 6.40. The molecule has 6 nitrogen and oxygen atoms in total. The number of aromatic nitrogens is 2. The van der Waals surface area contributed by atoms with Gasteiger partial charge in [-0.15, -0.1) is 0 Å². The van der Waals surface area contributed by atoms with Crippen LogP contribution in [0.2, 0.25) is 0 Å². The highest BCUT2D eigenvalue weighted by molar-refractivity contribution is 8.00. The van der Waals surface area contributed by atoms with Crippen LogP contribution in [0.25, 0.3) is 5.69 Å². The van der Waals surface area contributed by atoms with Crippen molar-refractivity contribution in [2.45, 2.75) is 24.3 Å². The molecule has 2 heterocycles. The number of nitrogens with one attached hydrogen (secondary N) is 1.